The molecule has 2 aromatic rings. The molecule has 0 spiro atoms. The van der Waals surface area contributed by atoms with Crippen molar-refractivity contribution in [1.82, 2.24) is 5.32 Å². The molecule has 2 unspecified atom stereocenters. The van der Waals surface area contributed by atoms with Gasteiger partial charge >= 0.3 is 0 Å². The van der Waals surface area contributed by atoms with Crippen molar-refractivity contribution in [2.24, 2.45) is 5.92 Å². The van der Waals surface area contributed by atoms with E-state index >= 15 is 0 Å². The number of halogens is 2. The van der Waals surface area contributed by atoms with E-state index in [1.165, 1.54) is 29.7 Å². The fraction of sp³-hybridized carbons (Fsp3) is 0.556. The molecule has 2 aromatic carbocycles. The Morgan fingerprint density at radius 1 is 1.10 bits per heavy atom. The van der Waals surface area contributed by atoms with Gasteiger partial charge in [-0.1, -0.05) is 64.8 Å². The lowest BCUT2D eigenvalue weighted by molar-refractivity contribution is 0.105. The third-order valence-electron chi connectivity index (χ3n) is 6.88. The number of hydrogen-bond donors (Lipinski definition) is 2. The van der Waals surface area contributed by atoms with E-state index in [-0.39, 0.29) is 11.0 Å². The molecule has 2 N–H and O–H groups in total. The lowest BCUT2D eigenvalue weighted by Gasteiger charge is -2.45. The molecule has 3 rings (SSSR count). The first-order valence-electron chi connectivity index (χ1n) is 11.6. The van der Waals surface area contributed by atoms with Gasteiger partial charge in [-0.25, -0.2) is 8.78 Å². The molecule has 0 saturated heterocycles. The van der Waals surface area contributed by atoms with E-state index < -0.39 is 17.7 Å². The summed E-state index contributed by atoms with van der Waals surface area (Å²) in [7, 11) is 0. The largest absolute Gasteiger partial charge is 0.392 e. The smallest absolute Gasteiger partial charge is 0.126 e. The summed E-state index contributed by atoms with van der Waals surface area (Å²) in [6, 6.07) is 12.4. The summed E-state index contributed by atoms with van der Waals surface area (Å²) in [6.07, 6.45) is 4.92. The molecule has 31 heavy (non-hydrogen) atoms. The van der Waals surface area contributed by atoms with Gasteiger partial charge in [0, 0.05) is 18.2 Å². The minimum Gasteiger partial charge on any atom is -0.392 e. The van der Waals surface area contributed by atoms with Crippen LogP contribution < -0.4 is 5.32 Å². The molecule has 0 bridgehead atoms. The Morgan fingerprint density at radius 2 is 1.81 bits per heavy atom. The van der Waals surface area contributed by atoms with Gasteiger partial charge in [-0.2, -0.15) is 0 Å². The second-order valence-electron chi connectivity index (χ2n) is 10.3. The van der Waals surface area contributed by atoms with E-state index in [9.17, 15) is 13.9 Å². The molecular formula is C27H37F2NO. The van der Waals surface area contributed by atoms with Crippen molar-refractivity contribution in [2.45, 2.75) is 83.3 Å². The van der Waals surface area contributed by atoms with Gasteiger partial charge in [0.2, 0.25) is 0 Å². The van der Waals surface area contributed by atoms with Crippen LogP contribution in [0, 0.1) is 17.6 Å². The van der Waals surface area contributed by atoms with Crippen LogP contribution in [0.3, 0.4) is 0 Å². The van der Waals surface area contributed by atoms with Crippen molar-refractivity contribution >= 4 is 0 Å². The van der Waals surface area contributed by atoms with E-state index in [1.807, 2.05) is 0 Å². The zero-order valence-corrected chi connectivity index (χ0v) is 19.3. The maximum Gasteiger partial charge on any atom is 0.126 e. The van der Waals surface area contributed by atoms with Crippen LogP contribution in [0.5, 0.6) is 0 Å². The van der Waals surface area contributed by atoms with Crippen LogP contribution in [0.15, 0.2) is 42.5 Å². The van der Waals surface area contributed by atoms with Crippen LogP contribution in [0.25, 0.3) is 0 Å². The predicted molar refractivity (Wildman–Crippen MR) is 123 cm³/mol. The minimum atomic E-state index is -0.580. The van der Waals surface area contributed by atoms with Crippen molar-refractivity contribution in [1.29, 1.82) is 0 Å². The quantitative estimate of drug-likeness (QED) is 0.545. The molecule has 4 heteroatoms. The van der Waals surface area contributed by atoms with Gasteiger partial charge in [0.1, 0.15) is 11.6 Å². The molecule has 2 nitrogen and oxygen atoms in total. The second-order valence-corrected chi connectivity index (χ2v) is 10.3. The van der Waals surface area contributed by atoms with Crippen LogP contribution in [0.4, 0.5) is 8.78 Å². The number of benzene rings is 2. The SMILES string of the molecule is CC1CCCCC1(NC[C@@H](O)CCc1cc(F)cc(F)c1)c1cccc(C(C)(C)C)c1. The van der Waals surface area contributed by atoms with Crippen LogP contribution in [0.1, 0.15) is 76.5 Å². The maximum absolute atomic E-state index is 13.4. The number of rotatable bonds is 7. The summed E-state index contributed by atoms with van der Waals surface area (Å²) < 4.78 is 26.9. The number of nitrogens with one attached hydrogen (secondary N) is 1. The summed E-state index contributed by atoms with van der Waals surface area (Å²) in [5.74, 6) is -0.686. The Kier molecular flexibility index (Phi) is 7.54. The number of aliphatic hydroxyl groups is 1. The van der Waals surface area contributed by atoms with Gasteiger partial charge < -0.3 is 10.4 Å². The van der Waals surface area contributed by atoms with Crippen LogP contribution in [0.2, 0.25) is 0 Å². The molecule has 3 atom stereocenters. The highest BCUT2D eigenvalue weighted by Crippen LogP contribution is 2.42. The highest BCUT2D eigenvalue weighted by molar-refractivity contribution is 5.34. The summed E-state index contributed by atoms with van der Waals surface area (Å²) >= 11 is 0. The zero-order chi connectivity index (χ0) is 22.6. The van der Waals surface area contributed by atoms with E-state index in [2.05, 4.69) is 57.3 Å². The van der Waals surface area contributed by atoms with Crippen molar-refractivity contribution in [3.05, 3.63) is 70.8 Å². The zero-order valence-electron chi connectivity index (χ0n) is 19.3. The first-order chi connectivity index (χ1) is 14.6. The monoisotopic (exact) mass is 429 g/mol. The summed E-state index contributed by atoms with van der Waals surface area (Å²) in [5.41, 5.74) is 3.11. The normalized spacial score (nSPS) is 23.0. The average molecular weight is 430 g/mol. The molecule has 1 fully saturated rings. The van der Waals surface area contributed by atoms with Crippen molar-refractivity contribution < 1.29 is 13.9 Å². The van der Waals surface area contributed by atoms with Crippen molar-refractivity contribution in [3.63, 3.8) is 0 Å². The third kappa shape index (κ3) is 5.93. The average Bonchev–Trinajstić information content (AvgIpc) is 2.71. The van der Waals surface area contributed by atoms with Gasteiger partial charge in [0.25, 0.3) is 0 Å². The van der Waals surface area contributed by atoms with Crippen LogP contribution in [-0.2, 0) is 17.4 Å². The molecular weight excluding hydrogens is 392 g/mol. The van der Waals surface area contributed by atoms with Crippen molar-refractivity contribution in [2.75, 3.05) is 6.54 Å². The molecule has 1 saturated carbocycles. The second kappa shape index (κ2) is 9.79. The highest BCUT2D eigenvalue weighted by atomic mass is 19.1. The van der Waals surface area contributed by atoms with E-state index in [0.717, 1.165) is 25.3 Å². The third-order valence-corrected chi connectivity index (χ3v) is 6.88. The molecule has 0 radical (unpaired) electrons. The maximum atomic E-state index is 13.4. The fourth-order valence-corrected chi connectivity index (χ4v) is 4.89. The Hall–Kier alpha value is -1.78. The van der Waals surface area contributed by atoms with Gasteiger partial charge in [0.05, 0.1) is 6.10 Å². The van der Waals surface area contributed by atoms with Crippen LogP contribution in [-0.4, -0.2) is 17.8 Å². The predicted octanol–water partition coefficient (Wildman–Crippen LogP) is 6.25. The lowest BCUT2D eigenvalue weighted by Crippen LogP contribution is -2.51. The summed E-state index contributed by atoms with van der Waals surface area (Å²) in [4.78, 5) is 0. The Bertz CT molecular complexity index is 856. The van der Waals surface area contributed by atoms with Gasteiger partial charge in [0.15, 0.2) is 0 Å². The molecule has 0 amide bonds. The number of aryl methyl sites for hydroxylation is 1. The topological polar surface area (TPSA) is 32.3 Å². The van der Waals surface area contributed by atoms with E-state index in [1.54, 1.807) is 0 Å². The molecule has 170 valence electrons. The first kappa shape index (κ1) is 23.9. The summed E-state index contributed by atoms with van der Waals surface area (Å²) in [5, 5.41) is 14.4. The van der Waals surface area contributed by atoms with E-state index in [4.69, 9.17) is 0 Å². The minimum absolute atomic E-state index is 0.0782. The van der Waals surface area contributed by atoms with Gasteiger partial charge in [-0.05, 0) is 65.8 Å². The van der Waals surface area contributed by atoms with E-state index in [0.29, 0.717) is 30.9 Å². The Labute approximate surface area is 186 Å². The molecule has 1 aliphatic carbocycles. The molecule has 1 aliphatic rings. The highest BCUT2D eigenvalue weighted by Gasteiger charge is 2.40. The molecule has 0 aromatic heterocycles. The van der Waals surface area contributed by atoms with Gasteiger partial charge in [-0.3, -0.25) is 0 Å². The van der Waals surface area contributed by atoms with Crippen LogP contribution >= 0.6 is 0 Å². The number of aliphatic hydroxyl groups excluding tert-OH is 1. The first-order valence-corrected chi connectivity index (χ1v) is 11.6. The number of hydrogen-bond acceptors (Lipinski definition) is 2. The Balaban J connectivity index is 1.73. The van der Waals surface area contributed by atoms with Gasteiger partial charge in [-0.15, -0.1) is 0 Å². The lowest BCUT2D eigenvalue weighted by atomic mass is 9.68. The summed E-state index contributed by atoms with van der Waals surface area (Å²) in [6.45, 7) is 9.46. The standard InChI is InChI=1S/C27H37F2NO/c1-19-8-5-6-13-27(19,22-10-7-9-21(16-22)26(2,3)4)30-18-25(31)12-11-20-14-23(28)17-24(29)15-20/h7,9-10,14-17,19,25,30-31H,5-6,8,11-13,18H2,1-4H3/t19?,25-,27?/m0/s1. The molecule has 0 heterocycles. The molecule has 0 aliphatic heterocycles. The Morgan fingerprint density at radius 3 is 2.45 bits per heavy atom. The fourth-order valence-electron chi connectivity index (χ4n) is 4.89. The van der Waals surface area contributed by atoms with Crippen molar-refractivity contribution in [3.8, 4) is 0 Å².